The summed E-state index contributed by atoms with van der Waals surface area (Å²) in [6.07, 6.45) is 2.22. The van der Waals surface area contributed by atoms with Gasteiger partial charge in [-0.05, 0) is 20.3 Å². The van der Waals surface area contributed by atoms with Crippen molar-refractivity contribution in [2.24, 2.45) is 7.05 Å². The van der Waals surface area contributed by atoms with E-state index in [2.05, 4.69) is 15.6 Å². The number of carbonyl (C=O) groups excluding carboxylic acids is 1. The van der Waals surface area contributed by atoms with E-state index in [9.17, 15) is 4.79 Å². The van der Waals surface area contributed by atoms with Crippen LogP contribution in [0.2, 0.25) is 0 Å². The predicted molar refractivity (Wildman–Crippen MR) is 92.3 cm³/mol. The van der Waals surface area contributed by atoms with Gasteiger partial charge >= 0.3 is 0 Å². The first-order valence-electron chi connectivity index (χ1n) is 8.91. The molecule has 0 fully saturated rings. The molecule has 1 aliphatic heterocycles. The number of hydrogen-bond acceptors (Lipinski definition) is 5. The fourth-order valence-electron chi connectivity index (χ4n) is 3.54. The van der Waals surface area contributed by atoms with Crippen LogP contribution < -0.4 is 5.32 Å². The summed E-state index contributed by atoms with van der Waals surface area (Å²) in [6.45, 7) is 8.46. The van der Waals surface area contributed by atoms with Crippen molar-refractivity contribution in [3.05, 3.63) is 34.0 Å². The van der Waals surface area contributed by atoms with E-state index in [0.29, 0.717) is 18.7 Å². The van der Waals surface area contributed by atoms with Crippen molar-refractivity contribution in [1.82, 2.24) is 20.3 Å². The Labute approximate surface area is 147 Å². The number of hydrogen-bond donors (Lipinski definition) is 1. The molecule has 0 aromatic carbocycles. The van der Waals surface area contributed by atoms with Crippen molar-refractivity contribution in [1.29, 1.82) is 0 Å². The van der Waals surface area contributed by atoms with Crippen molar-refractivity contribution in [3.8, 4) is 0 Å². The lowest BCUT2D eigenvalue weighted by atomic mass is 9.99. The number of aryl methyl sites for hydroxylation is 3. The lowest BCUT2D eigenvalue weighted by Crippen LogP contribution is -2.28. The molecule has 1 N–H and O–H groups in total. The molecule has 2 aromatic heterocycles. The second-order valence-corrected chi connectivity index (χ2v) is 6.55. The Kier molecular flexibility index (Phi) is 4.94. The number of nitrogens with one attached hydrogen (secondary N) is 1. The molecule has 7 nitrogen and oxygen atoms in total. The molecule has 0 saturated carbocycles. The lowest BCUT2D eigenvalue weighted by Gasteiger charge is -2.24. The summed E-state index contributed by atoms with van der Waals surface area (Å²) >= 11 is 0. The molecule has 0 spiro atoms. The van der Waals surface area contributed by atoms with Gasteiger partial charge in [-0.2, -0.15) is 5.10 Å². The molecule has 25 heavy (non-hydrogen) atoms. The Morgan fingerprint density at radius 2 is 2.08 bits per heavy atom. The number of aromatic nitrogens is 3. The van der Waals surface area contributed by atoms with Crippen LogP contribution in [0.5, 0.6) is 0 Å². The highest BCUT2D eigenvalue weighted by Gasteiger charge is 2.31. The molecule has 0 bridgehead atoms. The van der Waals surface area contributed by atoms with Gasteiger partial charge in [-0.15, -0.1) is 0 Å². The van der Waals surface area contributed by atoms with E-state index in [-0.39, 0.29) is 18.1 Å². The Bertz CT molecular complexity index is 756. The van der Waals surface area contributed by atoms with Crippen LogP contribution in [0.15, 0.2) is 4.52 Å². The highest BCUT2D eigenvalue weighted by molar-refractivity contribution is 5.94. The van der Waals surface area contributed by atoms with Gasteiger partial charge in [0.25, 0.3) is 5.91 Å². The molecule has 2 atom stereocenters. The maximum Gasteiger partial charge on any atom is 0.270 e. The molecular weight excluding hydrogens is 320 g/mol. The van der Waals surface area contributed by atoms with Gasteiger partial charge in [0, 0.05) is 37.6 Å². The normalized spacial score (nSPS) is 19.7. The van der Waals surface area contributed by atoms with E-state index in [1.807, 2.05) is 27.7 Å². The van der Waals surface area contributed by atoms with Crippen LogP contribution in [-0.4, -0.2) is 26.9 Å². The minimum absolute atomic E-state index is 0.0784. The molecule has 3 heterocycles. The second kappa shape index (κ2) is 7.00. The zero-order chi connectivity index (χ0) is 18.1. The maximum atomic E-state index is 12.8. The van der Waals surface area contributed by atoms with E-state index < -0.39 is 0 Å². The first-order valence-corrected chi connectivity index (χ1v) is 8.91. The topological polar surface area (TPSA) is 82.2 Å². The van der Waals surface area contributed by atoms with Crippen molar-refractivity contribution in [3.63, 3.8) is 0 Å². The molecule has 7 heteroatoms. The van der Waals surface area contributed by atoms with Gasteiger partial charge in [-0.1, -0.05) is 19.0 Å². The van der Waals surface area contributed by atoms with Crippen LogP contribution in [-0.2, 0) is 37.6 Å². The summed E-state index contributed by atoms with van der Waals surface area (Å²) in [5.74, 6) is 0.711. The van der Waals surface area contributed by atoms with Gasteiger partial charge < -0.3 is 14.6 Å². The number of amides is 1. The van der Waals surface area contributed by atoms with E-state index in [4.69, 9.17) is 9.26 Å². The van der Waals surface area contributed by atoms with Gasteiger partial charge in [0.2, 0.25) is 0 Å². The monoisotopic (exact) mass is 346 g/mol. The molecule has 0 radical (unpaired) electrons. The lowest BCUT2D eigenvalue weighted by molar-refractivity contribution is -0.00710. The largest absolute Gasteiger partial charge is 0.369 e. The number of fused-ring (bicyclic) bond motifs is 1. The fraction of sp³-hybridized carbons (Fsp3) is 0.611. The van der Waals surface area contributed by atoms with Gasteiger partial charge in [-0.3, -0.25) is 9.48 Å². The van der Waals surface area contributed by atoms with E-state index in [1.54, 1.807) is 11.7 Å². The first kappa shape index (κ1) is 17.7. The third-order valence-corrected chi connectivity index (χ3v) is 4.74. The van der Waals surface area contributed by atoms with Gasteiger partial charge in [-0.25, -0.2) is 0 Å². The van der Waals surface area contributed by atoms with Crippen LogP contribution in [0.1, 0.15) is 72.6 Å². The first-order chi connectivity index (χ1) is 12.0. The Balaban J connectivity index is 1.82. The second-order valence-electron chi connectivity index (χ2n) is 6.55. The summed E-state index contributed by atoms with van der Waals surface area (Å²) < 4.78 is 12.8. The Morgan fingerprint density at radius 3 is 2.76 bits per heavy atom. The maximum absolute atomic E-state index is 12.8. The summed E-state index contributed by atoms with van der Waals surface area (Å²) in [7, 11) is 1.80. The van der Waals surface area contributed by atoms with Crippen molar-refractivity contribution in [2.45, 2.75) is 65.7 Å². The summed E-state index contributed by atoms with van der Waals surface area (Å²) in [5, 5.41) is 11.6. The molecule has 2 aromatic rings. The third-order valence-electron chi connectivity index (χ3n) is 4.74. The number of rotatable bonds is 5. The standard InChI is InChI=1S/C18H26N4O3/c1-6-14-13(15(7-2)25-21-14)9-19-18(23)17-12-8-10(3)24-11(4)16(12)20-22(17)5/h10-11H,6-9H2,1-5H3,(H,19,23)/t10-,11+/m1/s1. The Hall–Kier alpha value is -2.15. The number of nitrogens with zero attached hydrogens (tertiary/aromatic N) is 3. The molecule has 1 aliphatic rings. The van der Waals surface area contributed by atoms with Gasteiger partial charge in [0.1, 0.15) is 11.5 Å². The minimum atomic E-state index is -0.122. The molecule has 0 aliphatic carbocycles. The summed E-state index contributed by atoms with van der Waals surface area (Å²) in [6, 6.07) is 0. The van der Waals surface area contributed by atoms with Crippen molar-refractivity contribution < 1.29 is 14.1 Å². The van der Waals surface area contributed by atoms with Crippen LogP contribution in [0.25, 0.3) is 0 Å². The fourth-order valence-corrected chi connectivity index (χ4v) is 3.54. The third kappa shape index (κ3) is 3.20. The van der Waals surface area contributed by atoms with Crippen molar-refractivity contribution >= 4 is 5.91 Å². The SMILES string of the molecule is CCc1noc(CC)c1CNC(=O)c1c2c(nn1C)[C@H](C)O[C@H](C)C2. The molecule has 0 saturated heterocycles. The van der Waals surface area contributed by atoms with Crippen molar-refractivity contribution in [2.75, 3.05) is 0 Å². The minimum Gasteiger partial charge on any atom is -0.369 e. The number of carbonyl (C=O) groups is 1. The van der Waals surface area contributed by atoms with Crippen LogP contribution in [0, 0.1) is 0 Å². The van der Waals surface area contributed by atoms with E-state index in [0.717, 1.165) is 41.1 Å². The molecule has 3 rings (SSSR count). The van der Waals surface area contributed by atoms with Gasteiger partial charge in [0.05, 0.1) is 23.6 Å². The summed E-state index contributed by atoms with van der Waals surface area (Å²) in [5.41, 5.74) is 4.35. The number of ether oxygens (including phenoxy) is 1. The predicted octanol–water partition coefficient (Wildman–Crippen LogP) is 2.49. The quantitative estimate of drug-likeness (QED) is 0.899. The zero-order valence-electron chi connectivity index (χ0n) is 15.5. The Morgan fingerprint density at radius 1 is 1.32 bits per heavy atom. The van der Waals surface area contributed by atoms with Crippen LogP contribution in [0.4, 0.5) is 0 Å². The smallest absolute Gasteiger partial charge is 0.270 e. The van der Waals surface area contributed by atoms with E-state index in [1.165, 1.54) is 0 Å². The highest BCUT2D eigenvalue weighted by Crippen LogP contribution is 2.31. The van der Waals surface area contributed by atoms with E-state index >= 15 is 0 Å². The van der Waals surface area contributed by atoms with Gasteiger partial charge in [0.15, 0.2) is 0 Å². The average molecular weight is 346 g/mol. The molecule has 0 unspecified atom stereocenters. The molecular formula is C18H26N4O3. The zero-order valence-corrected chi connectivity index (χ0v) is 15.5. The molecule has 136 valence electrons. The molecule has 1 amide bonds. The average Bonchev–Trinajstić information content (AvgIpc) is 3.12. The summed E-state index contributed by atoms with van der Waals surface area (Å²) in [4.78, 5) is 12.8. The highest BCUT2D eigenvalue weighted by atomic mass is 16.5. The van der Waals surface area contributed by atoms with Crippen LogP contribution in [0.3, 0.4) is 0 Å². The van der Waals surface area contributed by atoms with Crippen LogP contribution >= 0.6 is 0 Å².